The van der Waals surface area contributed by atoms with Gasteiger partial charge in [-0.3, -0.25) is 19.7 Å². The lowest BCUT2D eigenvalue weighted by Gasteiger charge is -2.06. The van der Waals surface area contributed by atoms with Crippen LogP contribution in [0.25, 0.3) is 0 Å². The Bertz CT molecular complexity index is 442. The third-order valence-corrected chi connectivity index (χ3v) is 2.61. The first-order valence-electron chi connectivity index (χ1n) is 5.70. The zero-order chi connectivity index (χ0) is 13.5. The highest BCUT2D eigenvalue weighted by Gasteiger charge is 2.30. The predicted molar refractivity (Wildman–Crippen MR) is 65.9 cm³/mol. The van der Waals surface area contributed by atoms with Gasteiger partial charge in [0.25, 0.3) is 6.04 Å². The molecule has 1 aromatic rings. The Balaban J connectivity index is 2.57. The Morgan fingerprint density at radius 2 is 1.89 bits per heavy atom. The second-order valence-electron chi connectivity index (χ2n) is 4.16. The maximum atomic E-state index is 11.7. The van der Waals surface area contributed by atoms with Gasteiger partial charge in [-0.1, -0.05) is 30.3 Å². The molecule has 0 aromatic heterocycles. The second-order valence-corrected chi connectivity index (χ2v) is 4.16. The van der Waals surface area contributed by atoms with Crippen molar-refractivity contribution in [2.24, 2.45) is 0 Å². The molecule has 0 aliphatic heterocycles. The standard InChI is InChI=1S/C13H15NO4/c1-10(15)9-12(14(17)18)13(16)8-7-11-5-3-2-4-6-11/h2-6,12H,7-9H2,1H3. The van der Waals surface area contributed by atoms with Gasteiger partial charge >= 0.3 is 0 Å². The fourth-order valence-corrected chi connectivity index (χ4v) is 1.66. The summed E-state index contributed by atoms with van der Waals surface area (Å²) >= 11 is 0. The number of Topliss-reactive ketones (excluding diaryl/α,β-unsaturated/α-hetero) is 2. The maximum absolute atomic E-state index is 11.7. The molecule has 96 valence electrons. The normalized spacial score (nSPS) is 11.8. The van der Waals surface area contributed by atoms with Crippen molar-refractivity contribution in [3.63, 3.8) is 0 Å². The van der Waals surface area contributed by atoms with Crippen LogP contribution >= 0.6 is 0 Å². The van der Waals surface area contributed by atoms with Crippen LogP contribution < -0.4 is 0 Å². The first kappa shape index (κ1) is 14.0. The topological polar surface area (TPSA) is 77.3 Å². The van der Waals surface area contributed by atoms with Gasteiger partial charge in [-0.15, -0.1) is 0 Å². The van der Waals surface area contributed by atoms with E-state index in [4.69, 9.17) is 0 Å². The number of hydrogen-bond donors (Lipinski definition) is 0. The number of rotatable bonds is 7. The van der Waals surface area contributed by atoms with E-state index in [9.17, 15) is 19.7 Å². The van der Waals surface area contributed by atoms with Crippen LogP contribution in [0.4, 0.5) is 0 Å². The summed E-state index contributed by atoms with van der Waals surface area (Å²) in [5.41, 5.74) is 0.954. The number of carbonyl (C=O) groups excluding carboxylic acids is 2. The molecule has 1 rings (SSSR count). The third kappa shape index (κ3) is 4.45. The minimum Gasteiger partial charge on any atom is -0.300 e. The molecule has 18 heavy (non-hydrogen) atoms. The highest BCUT2D eigenvalue weighted by Crippen LogP contribution is 2.08. The molecule has 0 saturated carbocycles. The van der Waals surface area contributed by atoms with Crippen LogP contribution in [-0.2, 0) is 16.0 Å². The zero-order valence-electron chi connectivity index (χ0n) is 10.2. The summed E-state index contributed by atoms with van der Waals surface area (Å²) < 4.78 is 0. The predicted octanol–water partition coefficient (Wildman–Crippen LogP) is 1.81. The lowest BCUT2D eigenvalue weighted by Crippen LogP contribution is -2.31. The quantitative estimate of drug-likeness (QED) is 0.545. The fourth-order valence-electron chi connectivity index (χ4n) is 1.66. The summed E-state index contributed by atoms with van der Waals surface area (Å²) in [6, 6.07) is 7.88. The lowest BCUT2D eigenvalue weighted by atomic mass is 10.0. The Labute approximate surface area is 105 Å². The summed E-state index contributed by atoms with van der Waals surface area (Å²) in [5.74, 6) is -0.830. The number of benzene rings is 1. The fraction of sp³-hybridized carbons (Fsp3) is 0.385. The van der Waals surface area contributed by atoms with Crippen molar-refractivity contribution in [1.29, 1.82) is 0 Å². The summed E-state index contributed by atoms with van der Waals surface area (Å²) in [4.78, 5) is 32.6. The summed E-state index contributed by atoms with van der Waals surface area (Å²) in [7, 11) is 0. The van der Waals surface area contributed by atoms with Crippen LogP contribution in [0.2, 0.25) is 0 Å². The van der Waals surface area contributed by atoms with E-state index >= 15 is 0 Å². The van der Waals surface area contributed by atoms with Gasteiger partial charge in [0.15, 0.2) is 0 Å². The lowest BCUT2D eigenvalue weighted by molar-refractivity contribution is -0.506. The molecule has 1 atom stereocenters. The molecule has 1 unspecified atom stereocenters. The van der Waals surface area contributed by atoms with E-state index in [1.54, 1.807) is 0 Å². The molecule has 1 aromatic carbocycles. The summed E-state index contributed by atoms with van der Waals surface area (Å²) in [6.45, 7) is 1.25. The van der Waals surface area contributed by atoms with Crippen molar-refractivity contribution >= 4 is 11.6 Å². The molecule has 0 spiro atoms. The van der Waals surface area contributed by atoms with Gasteiger partial charge in [0.1, 0.15) is 5.78 Å². The molecule has 0 radical (unpaired) electrons. The molecule has 0 fully saturated rings. The Hall–Kier alpha value is -2.04. The van der Waals surface area contributed by atoms with Crippen molar-refractivity contribution in [3.05, 3.63) is 46.0 Å². The zero-order valence-corrected chi connectivity index (χ0v) is 10.2. The first-order chi connectivity index (χ1) is 8.50. The smallest absolute Gasteiger partial charge is 0.277 e. The molecule has 0 amide bonds. The second kappa shape index (κ2) is 6.64. The van der Waals surface area contributed by atoms with Crippen LogP contribution in [0.5, 0.6) is 0 Å². The van der Waals surface area contributed by atoms with Crippen molar-refractivity contribution in [3.8, 4) is 0 Å². The van der Waals surface area contributed by atoms with Gasteiger partial charge in [0.05, 0.1) is 6.42 Å². The van der Waals surface area contributed by atoms with E-state index in [0.29, 0.717) is 6.42 Å². The number of nitrogens with zero attached hydrogens (tertiary/aromatic N) is 1. The van der Waals surface area contributed by atoms with Crippen molar-refractivity contribution in [2.45, 2.75) is 32.2 Å². The molecule has 0 N–H and O–H groups in total. The van der Waals surface area contributed by atoms with Crippen LogP contribution in [0.1, 0.15) is 25.3 Å². The van der Waals surface area contributed by atoms with Crippen LogP contribution in [0, 0.1) is 10.1 Å². The molecule has 0 aliphatic carbocycles. The number of hydrogen-bond acceptors (Lipinski definition) is 4. The molecular weight excluding hydrogens is 234 g/mol. The van der Waals surface area contributed by atoms with E-state index in [1.807, 2.05) is 30.3 Å². The Morgan fingerprint density at radius 3 is 2.39 bits per heavy atom. The largest absolute Gasteiger partial charge is 0.300 e. The van der Waals surface area contributed by atoms with Gasteiger partial charge in [0.2, 0.25) is 5.78 Å². The SMILES string of the molecule is CC(=O)CC(C(=O)CCc1ccccc1)[N+](=O)[O-]. The molecule has 5 heteroatoms. The van der Waals surface area contributed by atoms with E-state index < -0.39 is 16.7 Å². The molecular formula is C13H15NO4. The van der Waals surface area contributed by atoms with Crippen LogP contribution in [-0.4, -0.2) is 22.5 Å². The van der Waals surface area contributed by atoms with Crippen LogP contribution in [0.15, 0.2) is 30.3 Å². The molecule has 5 nitrogen and oxygen atoms in total. The van der Waals surface area contributed by atoms with Crippen LogP contribution in [0.3, 0.4) is 0 Å². The first-order valence-corrected chi connectivity index (χ1v) is 5.70. The van der Waals surface area contributed by atoms with E-state index in [-0.39, 0.29) is 18.6 Å². The summed E-state index contributed by atoms with van der Waals surface area (Å²) in [6.07, 6.45) is 0.228. The van der Waals surface area contributed by atoms with E-state index in [0.717, 1.165) is 5.56 Å². The average molecular weight is 249 g/mol. The molecule has 0 aliphatic rings. The number of nitro groups is 1. The minimum atomic E-state index is -1.40. The number of ketones is 2. The van der Waals surface area contributed by atoms with Gasteiger partial charge in [-0.25, -0.2) is 0 Å². The van der Waals surface area contributed by atoms with Gasteiger partial charge in [-0.05, 0) is 18.9 Å². The van der Waals surface area contributed by atoms with Crippen molar-refractivity contribution in [2.75, 3.05) is 0 Å². The van der Waals surface area contributed by atoms with Crippen molar-refractivity contribution in [1.82, 2.24) is 0 Å². The Morgan fingerprint density at radius 1 is 1.28 bits per heavy atom. The minimum absolute atomic E-state index is 0.0862. The summed E-state index contributed by atoms with van der Waals surface area (Å²) in [5, 5.41) is 10.7. The Kier molecular flexibility index (Phi) is 5.17. The molecule has 0 heterocycles. The molecule has 0 bridgehead atoms. The molecule has 0 saturated heterocycles. The highest BCUT2D eigenvalue weighted by molar-refractivity contribution is 5.88. The van der Waals surface area contributed by atoms with E-state index in [1.165, 1.54) is 6.92 Å². The monoisotopic (exact) mass is 249 g/mol. The third-order valence-electron chi connectivity index (χ3n) is 2.61. The maximum Gasteiger partial charge on any atom is 0.277 e. The number of carbonyl (C=O) groups is 2. The average Bonchev–Trinajstić information content (AvgIpc) is 2.34. The van der Waals surface area contributed by atoms with Gasteiger partial charge < -0.3 is 0 Å². The number of aryl methyl sites for hydroxylation is 1. The highest BCUT2D eigenvalue weighted by atomic mass is 16.6. The van der Waals surface area contributed by atoms with Gasteiger partial charge in [0, 0.05) is 11.3 Å². The van der Waals surface area contributed by atoms with Gasteiger partial charge in [-0.2, -0.15) is 0 Å². The van der Waals surface area contributed by atoms with Crippen molar-refractivity contribution < 1.29 is 14.5 Å². The van der Waals surface area contributed by atoms with E-state index in [2.05, 4.69) is 0 Å².